The average Bonchev–Trinajstić information content (AvgIpc) is 3.01. The number of carbonyl (C=O) groups is 2. The van der Waals surface area contributed by atoms with E-state index in [1.165, 1.54) is 128 Å². The van der Waals surface area contributed by atoms with Crippen LogP contribution in [0.1, 0.15) is 181 Å². The minimum Gasteiger partial charge on any atom is -1.00 e. The van der Waals surface area contributed by atoms with Crippen LogP contribution in [-0.4, -0.2) is 96.2 Å². The average molecular weight is 757 g/mol. The number of nitrogens with one attached hydrogen (secondary N) is 1. The number of halogens is 2. The van der Waals surface area contributed by atoms with Crippen molar-refractivity contribution in [3.8, 4) is 0 Å². The first-order valence-corrected chi connectivity index (χ1v) is 20.6. The van der Waals surface area contributed by atoms with Gasteiger partial charge in [0, 0.05) is 6.42 Å². The maximum atomic E-state index is 11.7. The second kappa shape index (κ2) is 41.0. The molecule has 0 heterocycles. The van der Waals surface area contributed by atoms with Gasteiger partial charge in [0.25, 0.3) is 0 Å². The molecule has 0 saturated carbocycles. The molecule has 0 spiro atoms. The first-order valence-electron chi connectivity index (χ1n) is 20.6. The van der Waals surface area contributed by atoms with Crippen molar-refractivity contribution < 1.29 is 52.8 Å². The van der Waals surface area contributed by atoms with Crippen LogP contribution < -0.4 is 30.1 Å². The highest BCUT2D eigenvalue weighted by Crippen LogP contribution is 2.13. The topological polar surface area (TPSA) is 64.6 Å². The molecule has 304 valence electrons. The van der Waals surface area contributed by atoms with Crippen molar-refractivity contribution in [2.24, 2.45) is 0 Å². The van der Waals surface area contributed by atoms with Gasteiger partial charge in [-0.2, -0.15) is 0 Å². The van der Waals surface area contributed by atoms with Crippen LogP contribution in [0.15, 0.2) is 0 Å². The number of unbranched alkanes of at least 4 members (excludes halogenated alkanes) is 22. The molecule has 0 aliphatic rings. The van der Waals surface area contributed by atoms with E-state index in [9.17, 15) is 9.59 Å². The number of nitrogens with zero attached hydrogens (tertiary/aromatic N) is 2. The van der Waals surface area contributed by atoms with Gasteiger partial charge in [0.1, 0.15) is 0 Å². The molecule has 0 radical (unpaired) electrons. The second-order valence-corrected chi connectivity index (χ2v) is 16.2. The third-order valence-electron chi connectivity index (χ3n) is 8.77. The second-order valence-electron chi connectivity index (χ2n) is 16.2. The van der Waals surface area contributed by atoms with E-state index in [-0.39, 0.29) is 30.7 Å². The molecule has 1 amide bonds. The Bertz CT molecular complexity index is 700. The zero-order valence-corrected chi connectivity index (χ0v) is 36.2. The number of likely N-dealkylation sites (N-methyl/N-ethyl adjacent to an activating group) is 1. The highest BCUT2D eigenvalue weighted by Gasteiger charge is 2.09. The predicted octanol–water partition coefficient (Wildman–Crippen LogP) is 4.85. The Morgan fingerprint density at radius 1 is 0.440 bits per heavy atom. The van der Waals surface area contributed by atoms with Crippen molar-refractivity contribution in [1.29, 1.82) is 0 Å². The Labute approximate surface area is 325 Å². The van der Waals surface area contributed by atoms with Gasteiger partial charge in [-0.15, -0.1) is 0 Å². The number of rotatable bonds is 33. The third kappa shape index (κ3) is 54.0. The van der Waals surface area contributed by atoms with Crippen LogP contribution in [0.2, 0.25) is 0 Å². The molecule has 50 heavy (non-hydrogen) atoms. The lowest BCUT2D eigenvalue weighted by atomic mass is 10.0. The zero-order chi connectivity index (χ0) is 36.2. The third-order valence-corrected chi connectivity index (χ3v) is 8.77. The lowest BCUT2D eigenvalue weighted by Crippen LogP contribution is -3.00. The van der Waals surface area contributed by atoms with Gasteiger partial charge in [-0.1, -0.05) is 149 Å². The number of amides is 1. The predicted molar refractivity (Wildman–Crippen MR) is 207 cm³/mol. The summed E-state index contributed by atoms with van der Waals surface area (Å²) in [4.78, 5) is 23.1. The summed E-state index contributed by atoms with van der Waals surface area (Å²) < 4.78 is 12.0. The van der Waals surface area contributed by atoms with Gasteiger partial charge < -0.3 is 48.6 Å². The Morgan fingerprint density at radius 2 is 0.760 bits per heavy atom. The van der Waals surface area contributed by atoms with Crippen LogP contribution in [0.5, 0.6) is 0 Å². The van der Waals surface area contributed by atoms with Crippen LogP contribution in [-0.2, 0) is 14.3 Å². The fourth-order valence-electron chi connectivity index (χ4n) is 5.55. The quantitative estimate of drug-likeness (QED) is 0.0592. The van der Waals surface area contributed by atoms with Gasteiger partial charge >= 0.3 is 6.16 Å². The van der Waals surface area contributed by atoms with Crippen LogP contribution in [0.25, 0.3) is 0 Å². The molecule has 1 N–H and O–H groups in total. The van der Waals surface area contributed by atoms with Gasteiger partial charge in [-0.25, -0.2) is 4.79 Å². The maximum absolute atomic E-state index is 11.7. The summed E-state index contributed by atoms with van der Waals surface area (Å²) in [5.74, 6) is 0.228. The monoisotopic (exact) mass is 756 g/mol. The summed E-state index contributed by atoms with van der Waals surface area (Å²) in [7, 11) is 13.0. The number of carbonyl (C=O) groups excluding carboxylic acids is 2. The smallest absolute Gasteiger partial charge is 0.508 e. The number of ether oxygens (including phenoxy) is 2. The molecule has 0 unspecified atom stereocenters. The first-order chi connectivity index (χ1) is 22.9. The summed E-state index contributed by atoms with van der Waals surface area (Å²) in [5.41, 5.74) is 0. The molecular formula is C41H87Cl2N3O4. The van der Waals surface area contributed by atoms with E-state index in [2.05, 4.69) is 61.5 Å². The van der Waals surface area contributed by atoms with Gasteiger partial charge in [0.05, 0.1) is 75.1 Å². The van der Waals surface area contributed by atoms with Gasteiger partial charge in [-0.05, 0) is 25.7 Å². The Hall–Kier alpha value is -0.760. The molecule has 0 aromatic rings. The van der Waals surface area contributed by atoms with Crippen LogP contribution in [0.4, 0.5) is 4.79 Å². The number of hydrogen-bond donors (Lipinski definition) is 1. The Balaban J connectivity index is -0.000000407. The van der Waals surface area contributed by atoms with Crippen molar-refractivity contribution in [3.05, 3.63) is 0 Å². The van der Waals surface area contributed by atoms with E-state index >= 15 is 0 Å². The van der Waals surface area contributed by atoms with E-state index in [4.69, 9.17) is 9.47 Å². The van der Waals surface area contributed by atoms with E-state index in [0.717, 1.165) is 60.7 Å². The van der Waals surface area contributed by atoms with Crippen molar-refractivity contribution in [2.45, 2.75) is 181 Å². The van der Waals surface area contributed by atoms with Crippen molar-refractivity contribution in [1.82, 2.24) is 5.32 Å². The van der Waals surface area contributed by atoms with Crippen LogP contribution in [0, 0.1) is 0 Å². The number of quaternary nitrogens is 2. The van der Waals surface area contributed by atoms with Gasteiger partial charge in [0.2, 0.25) is 5.91 Å². The summed E-state index contributed by atoms with van der Waals surface area (Å²) in [6, 6.07) is 0. The molecule has 0 aromatic carbocycles. The molecule has 0 fully saturated rings. The summed E-state index contributed by atoms with van der Waals surface area (Å²) in [5, 5.41) is 3.03. The summed E-state index contributed by atoms with van der Waals surface area (Å²) in [6.45, 7) is 8.37. The molecule has 7 nitrogen and oxygen atoms in total. The molecular weight excluding hydrogens is 669 g/mol. The fourth-order valence-corrected chi connectivity index (χ4v) is 5.55. The van der Waals surface area contributed by atoms with Gasteiger partial charge in [-0.3, -0.25) is 4.79 Å². The minimum absolute atomic E-state index is 0. The number of hydrogen-bond acceptors (Lipinski definition) is 4. The fraction of sp³-hybridized carbons (Fsp3) is 0.951. The molecule has 0 bridgehead atoms. The largest absolute Gasteiger partial charge is 1.00 e. The molecule has 0 saturated heterocycles. The minimum atomic E-state index is -0.504. The molecule has 0 rings (SSSR count). The molecule has 9 heteroatoms. The molecule has 0 aliphatic carbocycles. The first kappa shape index (κ1) is 56.0. The van der Waals surface area contributed by atoms with Crippen molar-refractivity contribution in [2.75, 3.05) is 75.1 Å². The van der Waals surface area contributed by atoms with Crippen molar-refractivity contribution >= 4 is 12.1 Å². The molecule has 0 aromatic heterocycles. The SMILES string of the molecule is CCCCCCCCCCCCCCCC(=O)NCC[N+](C)(C)C.CCCCCCCCCCCCOC(=O)OCCCC[N+](C)(C)C.[Cl-].[Cl-]. The van der Waals surface area contributed by atoms with E-state index < -0.39 is 6.16 Å². The van der Waals surface area contributed by atoms with E-state index in [0.29, 0.717) is 19.6 Å². The normalized spacial score (nSPS) is 11.1. The molecule has 0 aliphatic heterocycles. The Morgan fingerprint density at radius 3 is 1.12 bits per heavy atom. The van der Waals surface area contributed by atoms with Crippen LogP contribution >= 0.6 is 0 Å². The standard InChI is InChI=1S/C21H44N2O.C20H42NO3.2ClH/c1-5-6-7-8-9-10-11-12-13-14-15-16-17-18-21(24)22-19-20-23(2,3)4;1-5-6-7-8-9-10-11-12-13-15-18-23-20(22)24-19-16-14-17-21(2,3)4;;/h5-20H2,1-4H3;5-19H2,1-4H3;2*1H/q;+1;;/p-1. The summed E-state index contributed by atoms with van der Waals surface area (Å²) in [6.07, 6.45) is 32.6. The Kier molecular flexibility index (Phi) is 45.9. The van der Waals surface area contributed by atoms with Crippen LogP contribution in [0.3, 0.4) is 0 Å². The lowest BCUT2D eigenvalue weighted by molar-refractivity contribution is -0.870. The van der Waals surface area contributed by atoms with E-state index in [1.807, 2.05) is 0 Å². The van der Waals surface area contributed by atoms with Crippen molar-refractivity contribution in [3.63, 3.8) is 0 Å². The summed E-state index contributed by atoms with van der Waals surface area (Å²) >= 11 is 0. The highest BCUT2D eigenvalue weighted by atomic mass is 35.5. The lowest BCUT2D eigenvalue weighted by Gasteiger charge is -2.23. The molecule has 0 atom stereocenters. The zero-order valence-electron chi connectivity index (χ0n) is 34.7. The maximum Gasteiger partial charge on any atom is 0.508 e. The van der Waals surface area contributed by atoms with E-state index in [1.54, 1.807) is 0 Å². The highest BCUT2D eigenvalue weighted by molar-refractivity contribution is 5.75. The van der Waals surface area contributed by atoms with Gasteiger partial charge in [0.15, 0.2) is 0 Å².